The van der Waals surface area contributed by atoms with Crippen molar-refractivity contribution in [1.29, 1.82) is 0 Å². The molecule has 1 aliphatic rings. The van der Waals surface area contributed by atoms with E-state index in [0.717, 1.165) is 35.0 Å². The second-order valence-electron chi connectivity index (χ2n) is 5.11. The predicted molar refractivity (Wildman–Crippen MR) is 77.6 cm³/mol. The molecule has 1 atom stereocenters. The molecule has 1 saturated heterocycles. The maximum absolute atomic E-state index is 12.4. The lowest BCUT2D eigenvalue weighted by atomic mass is 9.88. The standard InChI is InChI=1S/C15H19BrO3/c1-15(7-3-4-8-19-15)14(17)10-11-5-6-13(18-2)12(16)9-11/h5-6,9H,3-4,7-8,10H2,1-2H3. The fourth-order valence-electron chi connectivity index (χ4n) is 2.35. The third kappa shape index (κ3) is 3.37. The molecule has 1 aromatic rings. The largest absolute Gasteiger partial charge is 0.496 e. The number of methoxy groups -OCH3 is 1. The van der Waals surface area contributed by atoms with E-state index in [0.29, 0.717) is 13.0 Å². The molecule has 0 aromatic heterocycles. The minimum Gasteiger partial charge on any atom is -0.496 e. The van der Waals surface area contributed by atoms with Crippen molar-refractivity contribution in [2.45, 2.75) is 38.2 Å². The molecular formula is C15H19BrO3. The smallest absolute Gasteiger partial charge is 0.168 e. The van der Waals surface area contributed by atoms with Gasteiger partial charge in [0.15, 0.2) is 5.78 Å². The zero-order chi connectivity index (χ0) is 13.9. The monoisotopic (exact) mass is 326 g/mol. The number of hydrogen-bond donors (Lipinski definition) is 0. The first-order chi connectivity index (χ1) is 9.05. The number of halogens is 1. The first-order valence-electron chi connectivity index (χ1n) is 6.55. The Hall–Kier alpha value is -0.870. The molecule has 1 fully saturated rings. The van der Waals surface area contributed by atoms with Crippen molar-refractivity contribution in [2.75, 3.05) is 13.7 Å². The quantitative estimate of drug-likeness (QED) is 0.849. The highest BCUT2D eigenvalue weighted by Crippen LogP contribution is 2.29. The van der Waals surface area contributed by atoms with E-state index < -0.39 is 5.60 Å². The van der Waals surface area contributed by atoms with Gasteiger partial charge in [-0.2, -0.15) is 0 Å². The molecule has 0 N–H and O–H groups in total. The lowest BCUT2D eigenvalue weighted by Crippen LogP contribution is -2.42. The summed E-state index contributed by atoms with van der Waals surface area (Å²) in [6.45, 7) is 2.60. The number of benzene rings is 1. The van der Waals surface area contributed by atoms with Crippen molar-refractivity contribution in [3.05, 3.63) is 28.2 Å². The van der Waals surface area contributed by atoms with E-state index in [-0.39, 0.29) is 5.78 Å². The van der Waals surface area contributed by atoms with Gasteiger partial charge in [0.05, 0.1) is 11.6 Å². The first kappa shape index (κ1) is 14.5. The molecule has 0 spiro atoms. The van der Waals surface area contributed by atoms with Crippen molar-refractivity contribution in [3.63, 3.8) is 0 Å². The fraction of sp³-hybridized carbons (Fsp3) is 0.533. The van der Waals surface area contributed by atoms with Gasteiger partial charge in [0, 0.05) is 13.0 Å². The molecular weight excluding hydrogens is 308 g/mol. The molecule has 104 valence electrons. The van der Waals surface area contributed by atoms with Crippen molar-refractivity contribution in [1.82, 2.24) is 0 Å². The Balaban J connectivity index is 2.08. The topological polar surface area (TPSA) is 35.5 Å². The van der Waals surface area contributed by atoms with E-state index in [9.17, 15) is 4.79 Å². The van der Waals surface area contributed by atoms with Gasteiger partial charge in [-0.05, 0) is 59.8 Å². The number of ketones is 1. The Morgan fingerprint density at radius 1 is 1.47 bits per heavy atom. The molecule has 0 bridgehead atoms. The van der Waals surface area contributed by atoms with Crippen molar-refractivity contribution in [3.8, 4) is 5.75 Å². The number of carbonyl (C=O) groups excluding carboxylic acids is 1. The van der Waals surface area contributed by atoms with Crippen LogP contribution >= 0.6 is 15.9 Å². The summed E-state index contributed by atoms with van der Waals surface area (Å²) in [7, 11) is 1.63. The highest BCUT2D eigenvalue weighted by molar-refractivity contribution is 9.10. The van der Waals surface area contributed by atoms with Crippen LogP contribution in [0.25, 0.3) is 0 Å². The second kappa shape index (κ2) is 6.06. The number of ether oxygens (including phenoxy) is 2. The van der Waals surface area contributed by atoms with Crippen LogP contribution in [0.15, 0.2) is 22.7 Å². The third-order valence-electron chi connectivity index (χ3n) is 3.64. The Labute approximate surface area is 122 Å². The van der Waals surface area contributed by atoms with Gasteiger partial charge >= 0.3 is 0 Å². The average Bonchev–Trinajstić information content (AvgIpc) is 2.40. The summed E-state index contributed by atoms with van der Waals surface area (Å²) in [6, 6.07) is 5.73. The van der Waals surface area contributed by atoms with Gasteiger partial charge in [-0.3, -0.25) is 4.79 Å². The minimum atomic E-state index is -0.606. The Bertz CT molecular complexity index is 464. The zero-order valence-electron chi connectivity index (χ0n) is 11.4. The van der Waals surface area contributed by atoms with E-state index in [1.807, 2.05) is 25.1 Å². The summed E-state index contributed by atoms with van der Waals surface area (Å²) in [6.07, 6.45) is 3.34. The van der Waals surface area contributed by atoms with Crippen LogP contribution in [0.5, 0.6) is 5.75 Å². The molecule has 1 aromatic carbocycles. The highest BCUT2D eigenvalue weighted by atomic mass is 79.9. The van der Waals surface area contributed by atoms with Crippen LogP contribution in [-0.4, -0.2) is 25.1 Å². The first-order valence-corrected chi connectivity index (χ1v) is 7.34. The Morgan fingerprint density at radius 3 is 2.84 bits per heavy atom. The number of Topliss-reactive ketones (excluding diaryl/α,β-unsaturated/α-hetero) is 1. The summed E-state index contributed by atoms with van der Waals surface area (Å²) in [5.41, 5.74) is 0.373. The van der Waals surface area contributed by atoms with Crippen LogP contribution in [0.4, 0.5) is 0 Å². The van der Waals surface area contributed by atoms with Crippen LogP contribution in [0.1, 0.15) is 31.7 Å². The third-order valence-corrected chi connectivity index (χ3v) is 4.26. The lowest BCUT2D eigenvalue weighted by molar-refractivity contribution is -0.147. The average molecular weight is 327 g/mol. The second-order valence-corrected chi connectivity index (χ2v) is 5.96. The Kier molecular flexibility index (Phi) is 4.63. The number of carbonyl (C=O) groups is 1. The molecule has 1 unspecified atom stereocenters. The number of hydrogen-bond acceptors (Lipinski definition) is 3. The van der Waals surface area contributed by atoms with Gasteiger partial charge in [0.2, 0.25) is 0 Å². The summed E-state index contributed by atoms with van der Waals surface area (Å²) >= 11 is 3.44. The summed E-state index contributed by atoms with van der Waals surface area (Å²) in [4.78, 5) is 12.4. The van der Waals surface area contributed by atoms with Gasteiger partial charge in [-0.1, -0.05) is 6.07 Å². The molecule has 19 heavy (non-hydrogen) atoms. The molecule has 0 saturated carbocycles. The fourth-order valence-corrected chi connectivity index (χ4v) is 2.93. The van der Waals surface area contributed by atoms with Crippen molar-refractivity contribution in [2.24, 2.45) is 0 Å². The highest BCUT2D eigenvalue weighted by Gasteiger charge is 2.35. The molecule has 4 heteroatoms. The van der Waals surface area contributed by atoms with Gasteiger partial charge in [0.25, 0.3) is 0 Å². The minimum absolute atomic E-state index is 0.157. The molecule has 1 aliphatic heterocycles. The maximum atomic E-state index is 12.4. The summed E-state index contributed by atoms with van der Waals surface area (Å²) in [5, 5.41) is 0. The van der Waals surface area contributed by atoms with E-state index in [1.165, 1.54) is 0 Å². The van der Waals surface area contributed by atoms with E-state index in [1.54, 1.807) is 7.11 Å². The summed E-state index contributed by atoms with van der Waals surface area (Å²) < 4.78 is 11.7. The maximum Gasteiger partial charge on any atom is 0.168 e. The molecule has 2 rings (SSSR count). The molecule has 3 nitrogen and oxygen atoms in total. The van der Waals surface area contributed by atoms with Crippen molar-refractivity contribution >= 4 is 21.7 Å². The molecule has 0 amide bonds. The van der Waals surface area contributed by atoms with Crippen LogP contribution < -0.4 is 4.74 Å². The van der Waals surface area contributed by atoms with Crippen LogP contribution in [-0.2, 0) is 16.0 Å². The van der Waals surface area contributed by atoms with Crippen LogP contribution in [0.3, 0.4) is 0 Å². The van der Waals surface area contributed by atoms with Crippen LogP contribution in [0, 0.1) is 0 Å². The van der Waals surface area contributed by atoms with Crippen LogP contribution in [0.2, 0.25) is 0 Å². The van der Waals surface area contributed by atoms with Crippen molar-refractivity contribution < 1.29 is 14.3 Å². The van der Waals surface area contributed by atoms with E-state index >= 15 is 0 Å². The lowest BCUT2D eigenvalue weighted by Gasteiger charge is -2.32. The van der Waals surface area contributed by atoms with E-state index in [2.05, 4.69) is 15.9 Å². The normalized spacial score (nSPS) is 23.1. The van der Waals surface area contributed by atoms with E-state index in [4.69, 9.17) is 9.47 Å². The van der Waals surface area contributed by atoms with Gasteiger partial charge < -0.3 is 9.47 Å². The molecule has 0 radical (unpaired) electrons. The van der Waals surface area contributed by atoms with Gasteiger partial charge in [-0.25, -0.2) is 0 Å². The van der Waals surface area contributed by atoms with Gasteiger partial charge in [0.1, 0.15) is 11.4 Å². The molecule has 1 heterocycles. The zero-order valence-corrected chi connectivity index (χ0v) is 13.0. The predicted octanol–water partition coefficient (Wildman–Crippen LogP) is 3.53. The summed E-state index contributed by atoms with van der Waals surface area (Å²) in [5.74, 6) is 0.931. The number of rotatable bonds is 4. The Morgan fingerprint density at radius 2 is 2.26 bits per heavy atom. The van der Waals surface area contributed by atoms with Gasteiger partial charge in [-0.15, -0.1) is 0 Å². The molecule has 0 aliphatic carbocycles. The SMILES string of the molecule is COc1ccc(CC(=O)C2(C)CCCCO2)cc1Br.